The molecule has 29 heavy (non-hydrogen) atoms. The number of likely N-dealkylation sites (N-methyl/N-ethyl adjacent to an activating group) is 1. The summed E-state index contributed by atoms with van der Waals surface area (Å²) < 4.78 is 5.83. The van der Waals surface area contributed by atoms with Gasteiger partial charge in [-0.1, -0.05) is 19.1 Å². The molecule has 0 unspecified atom stereocenters. The van der Waals surface area contributed by atoms with E-state index in [4.69, 9.17) is 4.74 Å². The summed E-state index contributed by atoms with van der Waals surface area (Å²) in [6, 6.07) is 7.98. The van der Waals surface area contributed by atoms with Gasteiger partial charge in [-0.2, -0.15) is 0 Å². The first-order chi connectivity index (χ1) is 14.1. The van der Waals surface area contributed by atoms with Crippen molar-refractivity contribution in [1.82, 2.24) is 20.0 Å². The highest BCUT2D eigenvalue weighted by atomic mass is 16.5. The molecule has 0 radical (unpaired) electrons. The monoisotopic (exact) mass is 404 g/mol. The van der Waals surface area contributed by atoms with Gasteiger partial charge in [0.25, 0.3) is 0 Å². The van der Waals surface area contributed by atoms with E-state index in [1.54, 1.807) is 0 Å². The lowest BCUT2D eigenvalue weighted by molar-refractivity contribution is -0.127. The van der Waals surface area contributed by atoms with Crippen molar-refractivity contribution in [2.75, 3.05) is 65.5 Å². The fourth-order valence-electron chi connectivity index (χ4n) is 3.96. The van der Waals surface area contributed by atoms with Crippen molar-refractivity contribution < 1.29 is 14.6 Å². The molecule has 1 aromatic rings. The number of hydrogen-bond donors (Lipinski definition) is 2. The van der Waals surface area contributed by atoms with Gasteiger partial charge in [0.2, 0.25) is 5.91 Å². The summed E-state index contributed by atoms with van der Waals surface area (Å²) in [6.07, 6.45) is 1.20. The molecule has 2 fully saturated rings. The Morgan fingerprint density at radius 2 is 1.97 bits per heavy atom. The number of likely N-dealkylation sites (tertiary alicyclic amines) is 1. The molecule has 162 valence electrons. The van der Waals surface area contributed by atoms with Gasteiger partial charge in [0.15, 0.2) is 0 Å². The van der Waals surface area contributed by atoms with Crippen LogP contribution in [-0.4, -0.2) is 97.3 Å². The van der Waals surface area contributed by atoms with Crippen molar-refractivity contribution in [1.29, 1.82) is 0 Å². The average molecular weight is 405 g/mol. The zero-order chi connectivity index (χ0) is 20.5. The molecule has 7 nitrogen and oxygen atoms in total. The van der Waals surface area contributed by atoms with E-state index in [2.05, 4.69) is 28.1 Å². The van der Waals surface area contributed by atoms with Crippen molar-refractivity contribution >= 4 is 5.91 Å². The third-order valence-corrected chi connectivity index (χ3v) is 5.78. The largest absolute Gasteiger partial charge is 0.491 e. The van der Waals surface area contributed by atoms with E-state index in [1.165, 1.54) is 0 Å². The molecule has 2 heterocycles. The Kier molecular flexibility index (Phi) is 8.73. The van der Waals surface area contributed by atoms with E-state index in [0.29, 0.717) is 19.6 Å². The SMILES string of the molecule is CCN1CCN(C[C@H](O)COc2cccc(CNCCN3CCCC3=O)c2)CC1. The van der Waals surface area contributed by atoms with Crippen LogP contribution in [0.3, 0.4) is 0 Å². The lowest BCUT2D eigenvalue weighted by atomic mass is 10.2. The van der Waals surface area contributed by atoms with Crippen LogP contribution in [0.15, 0.2) is 24.3 Å². The first-order valence-electron chi connectivity index (χ1n) is 11.0. The summed E-state index contributed by atoms with van der Waals surface area (Å²) in [7, 11) is 0. The van der Waals surface area contributed by atoms with E-state index in [1.807, 2.05) is 23.1 Å². The van der Waals surface area contributed by atoms with Crippen molar-refractivity contribution in [2.45, 2.75) is 32.4 Å². The number of aliphatic hydroxyl groups is 1. The normalized spacial score (nSPS) is 19.7. The Morgan fingerprint density at radius 3 is 2.69 bits per heavy atom. The minimum absolute atomic E-state index is 0.271. The zero-order valence-electron chi connectivity index (χ0n) is 17.7. The third-order valence-electron chi connectivity index (χ3n) is 5.78. The molecule has 2 N–H and O–H groups in total. The second kappa shape index (κ2) is 11.5. The summed E-state index contributed by atoms with van der Waals surface area (Å²) in [5, 5.41) is 13.7. The molecule has 1 atom stereocenters. The number of amides is 1. The molecule has 2 aliphatic heterocycles. The molecule has 2 saturated heterocycles. The maximum atomic E-state index is 11.6. The van der Waals surface area contributed by atoms with Crippen LogP contribution < -0.4 is 10.1 Å². The highest BCUT2D eigenvalue weighted by Crippen LogP contribution is 2.14. The second-order valence-electron chi connectivity index (χ2n) is 8.01. The summed E-state index contributed by atoms with van der Waals surface area (Å²) >= 11 is 0. The molecule has 0 aliphatic carbocycles. The molecule has 0 saturated carbocycles. The fraction of sp³-hybridized carbons (Fsp3) is 0.682. The van der Waals surface area contributed by atoms with Crippen LogP contribution in [0.4, 0.5) is 0 Å². The Hall–Kier alpha value is -1.67. The van der Waals surface area contributed by atoms with E-state index in [0.717, 1.165) is 76.6 Å². The van der Waals surface area contributed by atoms with Gasteiger partial charge >= 0.3 is 0 Å². The standard InChI is InChI=1S/C22H36N4O3/c1-2-24-11-13-25(14-12-24)17-20(27)18-29-21-6-3-5-19(15-21)16-23-8-10-26-9-4-7-22(26)28/h3,5-6,15,20,23,27H,2,4,7-14,16-18H2,1H3/t20-/m0/s1. The van der Waals surface area contributed by atoms with Crippen LogP contribution in [0.2, 0.25) is 0 Å². The molecule has 0 spiro atoms. The number of hydrogen-bond acceptors (Lipinski definition) is 6. The van der Waals surface area contributed by atoms with Crippen molar-refractivity contribution in [3.63, 3.8) is 0 Å². The predicted molar refractivity (Wildman–Crippen MR) is 114 cm³/mol. The molecule has 0 bridgehead atoms. The summed E-state index contributed by atoms with van der Waals surface area (Å²) in [4.78, 5) is 18.3. The van der Waals surface area contributed by atoms with E-state index in [9.17, 15) is 9.90 Å². The van der Waals surface area contributed by atoms with Gasteiger partial charge in [0.1, 0.15) is 18.5 Å². The number of carbonyl (C=O) groups is 1. The van der Waals surface area contributed by atoms with Gasteiger partial charge in [-0.05, 0) is 30.7 Å². The van der Waals surface area contributed by atoms with Gasteiger partial charge in [0, 0.05) is 65.3 Å². The fourth-order valence-corrected chi connectivity index (χ4v) is 3.96. The number of ether oxygens (including phenoxy) is 1. The van der Waals surface area contributed by atoms with Gasteiger partial charge in [0.05, 0.1) is 0 Å². The number of β-amino-alcohol motifs (C(OH)–C–C–N with tert-alkyl or cyclic N) is 1. The smallest absolute Gasteiger partial charge is 0.222 e. The topological polar surface area (TPSA) is 68.3 Å². The Balaban J connectivity index is 1.33. The minimum atomic E-state index is -0.483. The van der Waals surface area contributed by atoms with Crippen LogP contribution in [0.5, 0.6) is 5.75 Å². The average Bonchev–Trinajstić information content (AvgIpc) is 3.15. The summed E-state index contributed by atoms with van der Waals surface area (Å²) in [6.45, 7) is 11.6. The van der Waals surface area contributed by atoms with Crippen LogP contribution in [0, 0.1) is 0 Å². The van der Waals surface area contributed by atoms with Gasteiger partial charge in [-0.3, -0.25) is 9.69 Å². The van der Waals surface area contributed by atoms with Gasteiger partial charge < -0.3 is 25.0 Å². The van der Waals surface area contributed by atoms with E-state index < -0.39 is 6.10 Å². The number of benzene rings is 1. The molecule has 0 aromatic heterocycles. The number of carbonyl (C=O) groups excluding carboxylic acids is 1. The van der Waals surface area contributed by atoms with Crippen LogP contribution in [-0.2, 0) is 11.3 Å². The first kappa shape index (κ1) is 22.0. The van der Waals surface area contributed by atoms with Gasteiger partial charge in [-0.15, -0.1) is 0 Å². The molecule has 1 amide bonds. The van der Waals surface area contributed by atoms with Crippen molar-refractivity contribution in [3.8, 4) is 5.75 Å². The highest BCUT2D eigenvalue weighted by molar-refractivity contribution is 5.78. The Labute approximate surface area is 174 Å². The third kappa shape index (κ3) is 7.26. The molecule has 7 heteroatoms. The molecule has 2 aliphatic rings. The number of rotatable bonds is 11. The predicted octanol–water partition coefficient (Wildman–Crippen LogP) is 0.776. The Bertz CT molecular complexity index is 634. The summed E-state index contributed by atoms with van der Waals surface area (Å²) in [5.74, 6) is 1.06. The van der Waals surface area contributed by atoms with Crippen LogP contribution in [0.25, 0.3) is 0 Å². The lowest BCUT2D eigenvalue weighted by Gasteiger charge is -2.34. The van der Waals surface area contributed by atoms with E-state index >= 15 is 0 Å². The second-order valence-corrected chi connectivity index (χ2v) is 8.01. The number of aliphatic hydroxyl groups excluding tert-OH is 1. The number of nitrogens with one attached hydrogen (secondary N) is 1. The van der Waals surface area contributed by atoms with Crippen molar-refractivity contribution in [2.24, 2.45) is 0 Å². The molecule has 3 rings (SSSR count). The van der Waals surface area contributed by atoms with Crippen LogP contribution in [0.1, 0.15) is 25.3 Å². The maximum absolute atomic E-state index is 11.6. The maximum Gasteiger partial charge on any atom is 0.222 e. The number of nitrogens with zero attached hydrogens (tertiary/aromatic N) is 3. The Morgan fingerprint density at radius 1 is 1.17 bits per heavy atom. The molecular formula is C22H36N4O3. The number of piperazine rings is 1. The van der Waals surface area contributed by atoms with Crippen molar-refractivity contribution in [3.05, 3.63) is 29.8 Å². The molecule has 1 aromatic carbocycles. The van der Waals surface area contributed by atoms with E-state index in [-0.39, 0.29) is 5.91 Å². The first-order valence-corrected chi connectivity index (χ1v) is 11.0. The van der Waals surface area contributed by atoms with Crippen LogP contribution >= 0.6 is 0 Å². The van der Waals surface area contributed by atoms with Gasteiger partial charge in [-0.25, -0.2) is 0 Å². The molecular weight excluding hydrogens is 368 g/mol. The highest BCUT2D eigenvalue weighted by Gasteiger charge is 2.19. The quantitative estimate of drug-likeness (QED) is 0.531. The lowest BCUT2D eigenvalue weighted by Crippen LogP contribution is -2.49. The zero-order valence-corrected chi connectivity index (χ0v) is 17.7. The summed E-state index contributed by atoms with van der Waals surface area (Å²) in [5.41, 5.74) is 1.14. The minimum Gasteiger partial charge on any atom is -0.491 e.